The van der Waals surface area contributed by atoms with Gasteiger partial charge in [0.15, 0.2) is 0 Å². The van der Waals surface area contributed by atoms with Gasteiger partial charge in [0.1, 0.15) is 0 Å². The minimum atomic E-state index is 0.390. The summed E-state index contributed by atoms with van der Waals surface area (Å²) in [4.78, 5) is 2.67. The molecule has 2 aliphatic rings. The van der Waals surface area contributed by atoms with Gasteiger partial charge in [0, 0.05) is 12.1 Å². The number of hydrogen-bond acceptors (Lipinski definition) is 2. The summed E-state index contributed by atoms with van der Waals surface area (Å²) in [6, 6.07) is 1.65. The first-order chi connectivity index (χ1) is 6.27. The molecular weight excluding hydrogens is 162 g/mol. The van der Waals surface area contributed by atoms with Gasteiger partial charge in [-0.3, -0.25) is 4.90 Å². The zero-order valence-corrected chi connectivity index (χ0v) is 8.83. The van der Waals surface area contributed by atoms with Gasteiger partial charge in [0.05, 0.1) is 12.7 Å². The zero-order chi connectivity index (χ0) is 9.26. The summed E-state index contributed by atoms with van der Waals surface area (Å²) in [5.74, 6) is 0. The highest BCUT2D eigenvalue weighted by molar-refractivity contribution is 4.92. The van der Waals surface area contributed by atoms with Gasteiger partial charge in [-0.2, -0.15) is 0 Å². The average Bonchev–Trinajstić information content (AvgIpc) is 2.82. The van der Waals surface area contributed by atoms with E-state index in [4.69, 9.17) is 4.74 Å². The molecule has 0 radical (unpaired) electrons. The van der Waals surface area contributed by atoms with Gasteiger partial charge < -0.3 is 4.74 Å². The molecule has 0 spiro atoms. The second-order valence-corrected chi connectivity index (χ2v) is 4.65. The normalized spacial score (nSPS) is 30.2. The highest BCUT2D eigenvalue weighted by Gasteiger charge is 2.36. The van der Waals surface area contributed by atoms with Crippen molar-refractivity contribution in [2.75, 3.05) is 13.2 Å². The third-order valence-electron chi connectivity index (χ3n) is 3.06. The molecule has 1 atom stereocenters. The Morgan fingerprint density at radius 3 is 2.69 bits per heavy atom. The van der Waals surface area contributed by atoms with E-state index in [2.05, 4.69) is 18.7 Å². The van der Waals surface area contributed by atoms with Gasteiger partial charge in [-0.05, 0) is 46.1 Å². The van der Waals surface area contributed by atoms with Crippen LogP contribution in [0, 0.1) is 0 Å². The van der Waals surface area contributed by atoms with Gasteiger partial charge in [-0.1, -0.05) is 0 Å². The van der Waals surface area contributed by atoms with Gasteiger partial charge in [-0.15, -0.1) is 0 Å². The Morgan fingerprint density at radius 1 is 1.31 bits per heavy atom. The molecule has 76 valence electrons. The fourth-order valence-corrected chi connectivity index (χ4v) is 2.23. The van der Waals surface area contributed by atoms with Crippen molar-refractivity contribution in [1.29, 1.82) is 0 Å². The van der Waals surface area contributed by atoms with E-state index in [1.807, 2.05) is 0 Å². The van der Waals surface area contributed by atoms with Crippen molar-refractivity contribution in [2.45, 2.75) is 57.7 Å². The van der Waals surface area contributed by atoms with E-state index in [1.54, 1.807) is 0 Å². The van der Waals surface area contributed by atoms with Gasteiger partial charge >= 0.3 is 0 Å². The van der Waals surface area contributed by atoms with E-state index >= 15 is 0 Å². The average molecular weight is 183 g/mol. The quantitative estimate of drug-likeness (QED) is 0.661. The van der Waals surface area contributed by atoms with E-state index in [9.17, 15) is 0 Å². The second-order valence-electron chi connectivity index (χ2n) is 4.65. The van der Waals surface area contributed by atoms with Crippen LogP contribution in [-0.4, -0.2) is 36.2 Å². The number of nitrogens with zero attached hydrogens (tertiary/aromatic N) is 1. The molecule has 1 saturated carbocycles. The zero-order valence-electron chi connectivity index (χ0n) is 8.83. The lowest BCUT2D eigenvalue weighted by atomic mass is 10.2. The van der Waals surface area contributed by atoms with Crippen LogP contribution in [0.1, 0.15) is 39.5 Å². The Labute approximate surface area is 81.3 Å². The maximum atomic E-state index is 5.69. The Kier molecular flexibility index (Phi) is 2.89. The van der Waals surface area contributed by atoms with E-state index in [0.717, 1.165) is 18.7 Å². The first kappa shape index (κ1) is 9.47. The summed E-state index contributed by atoms with van der Waals surface area (Å²) in [5, 5.41) is 0. The molecule has 13 heavy (non-hydrogen) atoms. The number of rotatable bonds is 4. The smallest absolute Gasteiger partial charge is 0.0625 e. The molecule has 0 unspecified atom stereocenters. The van der Waals surface area contributed by atoms with Crippen molar-refractivity contribution in [1.82, 2.24) is 4.90 Å². The molecule has 0 N–H and O–H groups in total. The maximum Gasteiger partial charge on any atom is 0.0625 e. The first-order valence-electron chi connectivity index (χ1n) is 5.64. The van der Waals surface area contributed by atoms with E-state index < -0.39 is 0 Å². The molecule has 2 fully saturated rings. The molecule has 2 nitrogen and oxygen atoms in total. The van der Waals surface area contributed by atoms with Crippen LogP contribution in [0.3, 0.4) is 0 Å². The fourth-order valence-electron chi connectivity index (χ4n) is 2.23. The van der Waals surface area contributed by atoms with Crippen LogP contribution < -0.4 is 0 Å². The van der Waals surface area contributed by atoms with Crippen molar-refractivity contribution in [3.8, 4) is 0 Å². The minimum Gasteiger partial charge on any atom is -0.377 e. The van der Waals surface area contributed by atoms with E-state index in [0.29, 0.717) is 6.10 Å². The van der Waals surface area contributed by atoms with Crippen LogP contribution in [0.15, 0.2) is 0 Å². The monoisotopic (exact) mass is 183 g/mol. The highest BCUT2D eigenvalue weighted by Crippen LogP contribution is 2.33. The van der Waals surface area contributed by atoms with Crippen LogP contribution in [-0.2, 0) is 4.74 Å². The van der Waals surface area contributed by atoms with Crippen molar-refractivity contribution >= 4 is 0 Å². The molecule has 1 aliphatic heterocycles. The van der Waals surface area contributed by atoms with Crippen molar-refractivity contribution in [3.63, 3.8) is 0 Å². The third-order valence-corrected chi connectivity index (χ3v) is 3.06. The summed E-state index contributed by atoms with van der Waals surface area (Å²) in [7, 11) is 0. The van der Waals surface area contributed by atoms with Crippen LogP contribution in [0.5, 0.6) is 0 Å². The third kappa shape index (κ3) is 2.44. The topological polar surface area (TPSA) is 12.5 Å². The molecule has 2 rings (SSSR count). The molecule has 0 aromatic rings. The SMILES string of the molecule is CC(C)OC[C@@H]1CCCN1C1CC1. The Balaban J connectivity index is 1.76. The predicted molar refractivity (Wildman–Crippen MR) is 53.8 cm³/mol. The van der Waals surface area contributed by atoms with Gasteiger partial charge in [-0.25, -0.2) is 0 Å². The Hall–Kier alpha value is -0.0800. The van der Waals surface area contributed by atoms with Crippen molar-refractivity contribution < 1.29 is 4.74 Å². The molecule has 2 heteroatoms. The second kappa shape index (κ2) is 3.97. The molecule has 0 amide bonds. The van der Waals surface area contributed by atoms with Gasteiger partial charge in [0.2, 0.25) is 0 Å². The number of likely N-dealkylation sites (tertiary alicyclic amines) is 1. The Morgan fingerprint density at radius 2 is 2.08 bits per heavy atom. The molecule has 0 bridgehead atoms. The van der Waals surface area contributed by atoms with Crippen LogP contribution in [0.2, 0.25) is 0 Å². The lowest BCUT2D eigenvalue weighted by Gasteiger charge is -2.24. The molecule has 1 saturated heterocycles. The number of ether oxygens (including phenoxy) is 1. The van der Waals surface area contributed by atoms with Crippen LogP contribution >= 0.6 is 0 Å². The molecule has 1 heterocycles. The van der Waals surface area contributed by atoms with E-state index in [1.165, 1.54) is 32.2 Å². The summed E-state index contributed by atoms with van der Waals surface area (Å²) in [6.45, 7) is 6.51. The van der Waals surface area contributed by atoms with Crippen molar-refractivity contribution in [3.05, 3.63) is 0 Å². The molecule has 0 aromatic heterocycles. The summed E-state index contributed by atoms with van der Waals surface area (Å²) < 4.78 is 5.69. The lowest BCUT2D eigenvalue weighted by Crippen LogP contribution is -2.35. The number of hydrogen-bond donors (Lipinski definition) is 0. The largest absolute Gasteiger partial charge is 0.377 e. The maximum absolute atomic E-state index is 5.69. The lowest BCUT2D eigenvalue weighted by molar-refractivity contribution is 0.0354. The fraction of sp³-hybridized carbons (Fsp3) is 1.00. The first-order valence-corrected chi connectivity index (χ1v) is 5.64. The van der Waals surface area contributed by atoms with Gasteiger partial charge in [0.25, 0.3) is 0 Å². The highest BCUT2D eigenvalue weighted by atomic mass is 16.5. The molecular formula is C11H21NO. The predicted octanol–water partition coefficient (Wildman–Crippen LogP) is 2.04. The van der Waals surface area contributed by atoms with E-state index in [-0.39, 0.29) is 0 Å². The van der Waals surface area contributed by atoms with Crippen LogP contribution in [0.25, 0.3) is 0 Å². The summed E-state index contributed by atoms with van der Waals surface area (Å²) >= 11 is 0. The summed E-state index contributed by atoms with van der Waals surface area (Å²) in [6.07, 6.45) is 5.98. The standard InChI is InChI=1S/C11H21NO/c1-9(2)13-8-11-4-3-7-12(11)10-5-6-10/h9-11H,3-8H2,1-2H3/t11-/m0/s1. The summed E-state index contributed by atoms with van der Waals surface area (Å²) in [5.41, 5.74) is 0. The minimum absolute atomic E-state index is 0.390. The van der Waals surface area contributed by atoms with Crippen molar-refractivity contribution in [2.24, 2.45) is 0 Å². The molecule has 1 aliphatic carbocycles. The Bertz CT molecular complexity index is 165. The molecule has 0 aromatic carbocycles. The van der Waals surface area contributed by atoms with Crippen LogP contribution in [0.4, 0.5) is 0 Å².